The van der Waals surface area contributed by atoms with Crippen molar-refractivity contribution in [2.24, 2.45) is 11.5 Å². The quantitative estimate of drug-likeness (QED) is 0.173. The first-order valence-electron chi connectivity index (χ1n) is 19.3. The zero-order valence-electron chi connectivity index (χ0n) is 33.0. The minimum absolute atomic E-state index is 0.236. The van der Waals surface area contributed by atoms with Crippen LogP contribution in [0.25, 0.3) is 0 Å². The van der Waals surface area contributed by atoms with Crippen molar-refractivity contribution in [3.8, 4) is 0 Å². The van der Waals surface area contributed by atoms with Gasteiger partial charge in [-0.3, -0.25) is 29.0 Å². The summed E-state index contributed by atoms with van der Waals surface area (Å²) in [7, 11) is 2.68. The molecule has 3 aromatic rings. The van der Waals surface area contributed by atoms with E-state index >= 15 is 0 Å². The fraction of sp³-hybridized carbons (Fsp3) is 0.429. The van der Waals surface area contributed by atoms with Gasteiger partial charge < -0.3 is 36.4 Å². The summed E-state index contributed by atoms with van der Waals surface area (Å²) in [6, 6.07) is 22.7. The maximum atomic E-state index is 13.8. The van der Waals surface area contributed by atoms with Gasteiger partial charge in [0.1, 0.15) is 23.2 Å². The number of rotatable bonds is 15. The number of nitrogens with zero attached hydrogens (tertiary/aromatic N) is 5. The molecular weight excluding hydrogens is 731 g/mol. The summed E-state index contributed by atoms with van der Waals surface area (Å²) in [5.74, 6) is -2.28. The van der Waals surface area contributed by atoms with Gasteiger partial charge in [-0.1, -0.05) is 80.6 Å². The molecule has 2 fully saturated rings. The lowest BCUT2D eigenvalue weighted by atomic mass is 9.85. The number of para-hydroxylation sites is 1. The van der Waals surface area contributed by atoms with Crippen LogP contribution in [0.2, 0.25) is 0 Å². The van der Waals surface area contributed by atoms with Crippen molar-refractivity contribution < 1.29 is 39.0 Å². The second kappa shape index (κ2) is 17.3. The van der Waals surface area contributed by atoms with E-state index in [1.165, 1.54) is 23.9 Å². The van der Waals surface area contributed by atoms with Crippen LogP contribution in [0.5, 0.6) is 0 Å². The highest BCUT2D eigenvalue weighted by atomic mass is 16.4. The minimum Gasteiger partial charge on any atom is -0.465 e. The van der Waals surface area contributed by atoms with E-state index in [9.17, 15) is 39.0 Å². The summed E-state index contributed by atoms with van der Waals surface area (Å²) in [6.45, 7) is 4.91. The lowest BCUT2D eigenvalue weighted by Gasteiger charge is -2.39. The predicted molar refractivity (Wildman–Crippen MR) is 213 cm³/mol. The van der Waals surface area contributed by atoms with Gasteiger partial charge >= 0.3 is 12.2 Å². The van der Waals surface area contributed by atoms with Gasteiger partial charge in [0.2, 0.25) is 23.6 Å². The van der Waals surface area contributed by atoms with Gasteiger partial charge in [0, 0.05) is 46.0 Å². The first kappa shape index (κ1) is 42.0. The van der Waals surface area contributed by atoms with Gasteiger partial charge in [-0.2, -0.15) is 0 Å². The van der Waals surface area contributed by atoms with Crippen LogP contribution in [0.1, 0.15) is 74.6 Å². The van der Waals surface area contributed by atoms with Crippen LogP contribution in [0.3, 0.4) is 0 Å². The van der Waals surface area contributed by atoms with Gasteiger partial charge in [0.25, 0.3) is 0 Å². The van der Waals surface area contributed by atoms with Crippen molar-refractivity contribution in [3.05, 3.63) is 101 Å². The molecule has 0 aromatic heterocycles. The molecule has 2 aliphatic rings. The molecule has 0 unspecified atom stereocenters. The van der Waals surface area contributed by atoms with Crippen LogP contribution in [-0.2, 0) is 43.3 Å². The van der Waals surface area contributed by atoms with Crippen molar-refractivity contribution in [1.82, 2.24) is 19.6 Å². The summed E-state index contributed by atoms with van der Waals surface area (Å²) >= 11 is 0. The number of amides is 6. The molecule has 0 aliphatic carbocycles. The topological polar surface area (TPSA) is 211 Å². The molecule has 6 amide bonds. The third-order valence-electron chi connectivity index (χ3n) is 11.7. The van der Waals surface area contributed by atoms with E-state index in [4.69, 9.17) is 11.5 Å². The highest BCUT2D eigenvalue weighted by Gasteiger charge is 2.53. The van der Waals surface area contributed by atoms with E-state index in [0.29, 0.717) is 49.9 Å². The van der Waals surface area contributed by atoms with Crippen molar-refractivity contribution in [2.75, 3.05) is 32.1 Å². The number of likely N-dealkylation sites (N-methyl/N-ethyl adjacent to an activating group) is 2. The van der Waals surface area contributed by atoms with Crippen molar-refractivity contribution in [2.45, 2.75) is 88.6 Å². The number of anilines is 1. The predicted octanol–water partition coefficient (Wildman–Crippen LogP) is 4.28. The number of carbonyl (C=O) groups is 6. The molecule has 2 heterocycles. The second-order valence-electron chi connectivity index (χ2n) is 14.9. The Kier molecular flexibility index (Phi) is 12.8. The lowest BCUT2D eigenvalue weighted by Crippen LogP contribution is -2.58. The highest BCUT2D eigenvalue weighted by molar-refractivity contribution is 5.96. The number of carbonyl (C=O) groups excluding carboxylic acids is 4. The largest absolute Gasteiger partial charge is 0.465 e. The van der Waals surface area contributed by atoms with Crippen LogP contribution >= 0.6 is 0 Å². The SMILES string of the molecule is CC[C@@H](C(=O)N1CCC[C@@]1(C(N)=O)c1ccc(CN(Cc2ccc([C@]3(C(N)=O)CCCN3C(=O)[C@H](CC)N(C)C(=O)O)cc2)c2ccccc2)cc1)N(C)C(=O)O. The fourth-order valence-electron chi connectivity index (χ4n) is 8.58. The molecule has 15 heteroatoms. The van der Waals surface area contributed by atoms with Gasteiger partial charge in [-0.25, -0.2) is 9.59 Å². The fourth-order valence-corrected chi connectivity index (χ4v) is 8.58. The van der Waals surface area contributed by atoms with Gasteiger partial charge in [0.05, 0.1) is 0 Å². The Bertz CT molecular complexity index is 1840. The molecule has 304 valence electrons. The molecule has 0 bridgehead atoms. The third-order valence-corrected chi connectivity index (χ3v) is 11.7. The van der Waals surface area contributed by atoms with Crippen LogP contribution in [-0.4, -0.2) is 105 Å². The Morgan fingerprint density at radius 1 is 0.632 bits per heavy atom. The molecule has 57 heavy (non-hydrogen) atoms. The summed E-state index contributed by atoms with van der Waals surface area (Å²) < 4.78 is 0. The molecule has 15 nitrogen and oxygen atoms in total. The van der Waals surface area contributed by atoms with Gasteiger partial charge in [-0.05, 0) is 72.9 Å². The summed E-state index contributed by atoms with van der Waals surface area (Å²) in [5.41, 5.74) is 13.1. The van der Waals surface area contributed by atoms with Gasteiger partial charge in [0.15, 0.2) is 0 Å². The van der Waals surface area contributed by atoms with E-state index in [1.807, 2.05) is 54.6 Å². The molecule has 0 radical (unpaired) electrons. The van der Waals surface area contributed by atoms with E-state index in [1.54, 1.807) is 38.1 Å². The molecule has 6 N–H and O–H groups in total. The number of benzene rings is 3. The molecule has 2 saturated heterocycles. The van der Waals surface area contributed by atoms with E-state index < -0.39 is 59.0 Å². The molecule has 2 aliphatic heterocycles. The normalized spacial score (nSPS) is 20.1. The minimum atomic E-state index is -1.42. The average molecular weight is 784 g/mol. The van der Waals surface area contributed by atoms with Crippen molar-refractivity contribution >= 4 is 41.5 Å². The average Bonchev–Trinajstić information content (AvgIpc) is 3.86. The maximum Gasteiger partial charge on any atom is 0.407 e. The standard InChI is InChI=1S/C42H53N7O8/c1-5-33(45(3)39(54)55)35(50)48-24-10-22-41(48,37(43)52)30-18-14-28(15-19-30)26-47(32-12-8-7-9-13-32)27-29-16-20-31(21-17-29)42(38(44)53)23-11-25-49(42)36(51)34(6-2)46(4)40(56)57/h7-9,12-21,33-34H,5-6,10-11,22-27H2,1-4H3,(H2,43,52)(H2,44,53)(H,54,55)(H,56,57)/t33-,34-,41-,42-/m0/s1. The number of hydrogen-bond donors (Lipinski definition) is 4. The van der Waals surface area contributed by atoms with Crippen molar-refractivity contribution in [3.63, 3.8) is 0 Å². The second-order valence-corrected chi connectivity index (χ2v) is 14.9. The third kappa shape index (κ3) is 7.96. The zero-order chi connectivity index (χ0) is 41.7. The summed E-state index contributed by atoms with van der Waals surface area (Å²) in [5, 5.41) is 19.2. The van der Waals surface area contributed by atoms with Crippen molar-refractivity contribution in [1.29, 1.82) is 0 Å². The lowest BCUT2D eigenvalue weighted by molar-refractivity contribution is -0.147. The zero-order valence-corrected chi connectivity index (χ0v) is 33.0. The Morgan fingerprint density at radius 3 is 1.32 bits per heavy atom. The maximum absolute atomic E-state index is 13.8. The number of hydrogen-bond acceptors (Lipinski definition) is 7. The van der Waals surface area contributed by atoms with E-state index in [-0.39, 0.29) is 25.9 Å². The summed E-state index contributed by atoms with van der Waals surface area (Å²) in [6.07, 6.45) is -0.321. The van der Waals surface area contributed by atoms with E-state index in [2.05, 4.69) is 4.90 Å². The van der Waals surface area contributed by atoms with E-state index in [0.717, 1.165) is 26.6 Å². The van der Waals surface area contributed by atoms with Crippen LogP contribution in [0, 0.1) is 0 Å². The highest BCUT2D eigenvalue weighted by Crippen LogP contribution is 2.41. The van der Waals surface area contributed by atoms with Gasteiger partial charge in [-0.15, -0.1) is 0 Å². The first-order valence-corrected chi connectivity index (χ1v) is 19.3. The van der Waals surface area contributed by atoms with Crippen LogP contribution < -0.4 is 16.4 Å². The molecule has 0 saturated carbocycles. The smallest absolute Gasteiger partial charge is 0.407 e. The van der Waals surface area contributed by atoms with Crippen LogP contribution in [0.4, 0.5) is 15.3 Å². The first-order chi connectivity index (χ1) is 27.1. The summed E-state index contributed by atoms with van der Waals surface area (Å²) in [4.78, 5) is 84.5. The van der Waals surface area contributed by atoms with Crippen LogP contribution in [0.15, 0.2) is 78.9 Å². The Hall–Kier alpha value is -6.12. The molecular formula is C42H53N7O8. The molecule has 0 spiro atoms. The number of likely N-dealkylation sites (tertiary alicyclic amines) is 2. The number of carboxylic acid groups (broad SMARTS) is 2. The number of nitrogens with two attached hydrogens (primary N) is 2. The Morgan fingerprint density at radius 2 is 1.00 bits per heavy atom. The molecule has 3 aromatic carbocycles. The Labute approximate surface area is 332 Å². The molecule has 4 atom stereocenters. The monoisotopic (exact) mass is 783 g/mol. The molecule has 5 rings (SSSR count). The Balaban J connectivity index is 1.41. The number of primary amides is 2.